The van der Waals surface area contributed by atoms with Gasteiger partial charge >= 0.3 is 10.3 Å². The van der Waals surface area contributed by atoms with Crippen LogP contribution in [0.2, 0.25) is 0 Å². The van der Waals surface area contributed by atoms with Gasteiger partial charge in [-0.1, -0.05) is 13.3 Å². The number of nitrogens with zero attached hydrogens (tertiary/aromatic N) is 1. The average Bonchev–Trinajstić information content (AvgIpc) is 3.03. The first-order valence-corrected chi connectivity index (χ1v) is 10.3. The highest BCUT2D eigenvalue weighted by molar-refractivity contribution is 7.84. The molecule has 8 nitrogen and oxygen atoms in total. The van der Waals surface area contributed by atoms with E-state index in [0.29, 0.717) is 19.4 Å². The Balaban J connectivity index is 1.89. The van der Waals surface area contributed by atoms with Gasteiger partial charge in [0, 0.05) is 26.1 Å². The molecule has 1 aliphatic carbocycles. The first-order chi connectivity index (χ1) is 11.7. The van der Waals surface area contributed by atoms with Crippen LogP contribution in [0, 0.1) is 0 Å². The minimum Gasteiger partial charge on any atom is -0.350 e. The van der Waals surface area contributed by atoms with Gasteiger partial charge in [0.2, 0.25) is 11.8 Å². The number of amides is 2. The highest BCUT2D eigenvalue weighted by Crippen LogP contribution is 2.39. The fourth-order valence-corrected chi connectivity index (χ4v) is 4.20. The predicted octanol–water partition coefficient (Wildman–Crippen LogP) is 0.686. The summed E-state index contributed by atoms with van der Waals surface area (Å²) >= 11 is 0. The molecule has 2 rings (SSSR count). The minimum atomic E-state index is -3.84. The molecule has 2 aliphatic rings. The van der Waals surface area contributed by atoms with E-state index in [2.05, 4.69) is 10.0 Å². The van der Waals surface area contributed by atoms with Crippen molar-refractivity contribution in [3.63, 3.8) is 0 Å². The third-order valence-electron chi connectivity index (χ3n) is 4.71. The third kappa shape index (κ3) is 5.93. The molecule has 2 N–H and O–H groups in total. The molecule has 9 heteroatoms. The summed E-state index contributed by atoms with van der Waals surface area (Å²) < 4.78 is 31.5. The van der Waals surface area contributed by atoms with Crippen LogP contribution in [0.25, 0.3) is 0 Å². The monoisotopic (exact) mass is 375 g/mol. The molecular formula is C16H29N3O5S. The molecule has 2 atom stereocenters. The quantitative estimate of drug-likeness (QED) is 0.617. The van der Waals surface area contributed by atoms with Crippen LogP contribution in [0.15, 0.2) is 0 Å². The maximum absolute atomic E-state index is 12.5. The van der Waals surface area contributed by atoms with Crippen molar-refractivity contribution in [2.45, 2.75) is 77.0 Å². The van der Waals surface area contributed by atoms with Crippen LogP contribution in [0.3, 0.4) is 0 Å². The molecule has 25 heavy (non-hydrogen) atoms. The zero-order valence-corrected chi connectivity index (χ0v) is 16.0. The van der Waals surface area contributed by atoms with Crippen molar-refractivity contribution in [3.8, 4) is 0 Å². The second-order valence-corrected chi connectivity index (χ2v) is 8.56. The van der Waals surface area contributed by atoms with Gasteiger partial charge in [-0.05, 0) is 39.0 Å². The van der Waals surface area contributed by atoms with E-state index in [1.807, 2.05) is 6.92 Å². The number of carbonyl (C=O) groups excluding carboxylic acids is 2. The Bertz CT molecular complexity index is 603. The standard InChI is InChI=1S/C16H29N3O5S/c1-4-6-13(11-17-25(22,23)24-16(3)8-9-16)18-15(21)14-7-5-10-19(14)12(2)20/h13-14,17H,4-11H2,1-3H3,(H,18,21). The molecule has 0 aromatic rings. The van der Waals surface area contributed by atoms with Crippen LogP contribution in [-0.2, 0) is 24.1 Å². The summed E-state index contributed by atoms with van der Waals surface area (Å²) in [5.74, 6) is -0.336. The van der Waals surface area contributed by atoms with Gasteiger partial charge < -0.3 is 10.2 Å². The van der Waals surface area contributed by atoms with E-state index >= 15 is 0 Å². The lowest BCUT2D eigenvalue weighted by atomic mass is 10.1. The van der Waals surface area contributed by atoms with E-state index in [1.54, 1.807) is 11.8 Å². The third-order valence-corrected chi connectivity index (χ3v) is 5.86. The largest absolute Gasteiger partial charge is 0.350 e. The molecule has 1 saturated heterocycles. The predicted molar refractivity (Wildman–Crippen MR) is 92.9 cm³/mol. The summed E-state index contributed by atoms with van der Waals surface area (Å²) in [7, 11) is -3.84. The summed E-state index contributed by atoms with van der Waals surface area (Å²) in [6, 6.07) is -0.799. The molecule has 2 fully saturated rings. The Morgan fingerprint density at radius 2 is 2.04 bits per heavy atom. The van der Waals surface area contributed by atoms with Crippen molar-refractivity contribution in [2.75, 3.05) is 13.1 Å². The molecule has 2 amide bonds. The highest BCUT2D eigenvalue weighted by atomic mass is 32.2. The summed E-state index contributed by atoms with van der Waals surface area (Å²) in [4.78, 5) is 25.7. The number of hydrogen-bond donors (Lipinski definition) is 2. The molecule has 2 unspecified atom stereocenters. The fourth-order valence-electron chi connectivity index (χ4n) is 3.04. The molecular weight excluding hydrogens is 346 g/mol. The summed E-state index contributed by atoms with van der Waals surface area (Å²) in [6.07, 6.45) is 4.33. The maximum atomic E-state index is 12.5. The molecule has 144 valence electrons. The lowest BCUT2D eigenvalue weighted by Crippen LogP contribution is -2.51. The van der Waals surface area contributed by atoms with Gasteiger partial charge in [0.05, 0.1) is 5.60 Å². The van der Waals surface area contributed by atoms with Gasteiger partial charge in [-0.25, -0.2) is 0 Å². The summed E-state index contributed by atoms with van der Waals surface area (Å²) in [5.41, 5.74) is -0.582. The van der Waals surface area contributed by atoms with Crippen LogP contribution in [-0.4, -0.2) is 55.9 Å². The zero-order chi connectivity index (χ0) is 18.7. The maximum Gasteiger partial charge on any atom is 0.336 e. The SMILES string of the molecule is CCCC(CNS(=O)(=O)OC1(C)CC1)NC(=O)C1CCCN1C(C)=O. The second-order valence-electron chi connectivity index (χ2n) is 7.20. The Labute approximate surface area is 149 Å². The average molecular weight is 375 g/mol. The van der Waals surface area contributed by atoms with E-state index in [0.717, 1.165) is 25.7 Å². The van der Waals surface area contributed by atoms with Crippen LogP contribution < -0.4 is 10.0 Å². The van der Waals surface area contributed by atoms with Crippen molar-refractivity contribution in [2.24, 2.45) is 0 Å². The topological polar surface area (TPSA) is 105 Å². The van der Waals surface area contributed by atoms with Crippen molar-refractivity contribution in [1.82, 2.24) is 14.9 Å². The Hall–Kier alpha value is -1.19. The Morgan fingerprint density at radius 3 is 2.60 bits per heavy atom. The molecule has 0 spiro atoms. The van der Waals surface area contributed by atoms with Crippen molar-refractivity contribution < 1.29 is 22.2 Å². The highest BCUT2D eigenvalue weighted by Gasteiger charge is 2.43. The molecule has 0 aromatic heterocycles. The number of likely N-dealkylation sites (tertiary alicyclic amines) is 1. The van der Waals surface area contributed by atoms with E-state index in [4.69, 9.17) is 4.18 Å². The van der Waals surface area contributed by atoms with Crippen LogP contribution in [0.5, 0.6) is 0 Å². The van der Waals surface area contributed by atoms with Gasteiger partial charge in [0.25, 0.3) is 0 Å². The van der Waals surface area contributed by atoms with Gasteiger partial charge in [-0.3, -0.25) is 13.8 Å². The van der Waals surface area contributed by atoms with E-state index in [9.17, 15) is 18.0 Å². The van der Waals surface area contributed by atoms with Gasteiger partial charge in [-0.15, -0.1) is 0 Å². The zero-order valence-electron chi connectivity index (χ0n) is 15.2. The Morgan fingerprint density at radius 1 is 1.36 bits per heavy atom. The molecule has 1 aliphatic heterocycles. The molecule has 0 bridgehead atoms. The van der Waals surface area contributed by atoms with Crippen molar-refractivity contribution in [1.29, 1.82) is 0 Å². The number of carbonyl (C=O) groups is 2. The smallest absolute Gasteiger partial charge is 0.336 e. The molecule has 0 radical (unpaired) electrons. The summed E-state index contributed by atoms with van der Waals surface area (Å²) in [5, 5.41) is 2.88. The molecule has 1 saturated carbocycles. The number of rotatable bonds is 9. The minimum absolute atomic E-state index is 0.0742. The van der Waals surface area contributed by atoms with E-state index in [-0.39, 0.29) is 24.4 Å². The fraction of sp³-hybridized carbons (Fsp3) is 0.875. The van der Waals surface area contributed by atoms with Crippen LogP contribution in [0.4, 0.5) is 0 Å². The second kappa shape index (κ2) is 8.01. The van der Waals surface area contributed by atoms with E-state index in [1.165, 1.54) is 6.92 Å². The van der Waals surface area contributed by atoms with Crippen LogP contribution in [0.1, 0.15) is 59.3 Å². The van der Waals surface area contributed by atoms with Gasteiger partial charge in [0.1, 0.15) is 6.04 Å². The first-order valence-electron chi connectivity index (χ1n) is 8.93. The molecule has 0 aromatic carbocycles. The van der Waals surface area contributed by atoms with E-state index < -0.39 is 21.9 Å². The van der Waals surface area contributed by atoms with Crippen LogP contribution >= 0.6 is 0 Å². The molecule has 1 heterocycles. The number of hydrogen-bond acceptors (Lipinski definition) is 5. The lowest BCUT2D eigenvalue weighted by Gasteiger charge is -2.26. The van der Waals surface area contributed by atoms with Gasteiger partial charge in [0.15, 0.2) is 0 Å². The number of nitrogens with one attached hydrogen (secondary N) is 2. The lowest BCUT2D eigenvalue weighted by molar-refractivity contribution is -0.137. The Kier molecular flexibility index (Phi) is 6.45. The normalized spacial score (nSPS) is 23.3. The van der Waals surface area contributed by atoms with Crippen molar-refractivity contribution >= 4 is 22.1 Å². The summed E-state index contributed by atoms with van der Waals surface area (Å²) in [6.45, 7) is 5.84. The van der Waals surface area contributed by atoms with Gasteiger partial charge in [-0.2, -0.15) is 13.1 Å². The first kappa shape index (κ1) is 20.1. The van der Waals surface area contributed by atoms with Crippen molar-refractivity contribution in [3.05, 3.63) is 0 Å².